The van der Waals surface area contributed by atoms with Crippen LogP contribution in [0.3, 0.4) is 0 Å². The van der Waals surface area contributed by atoms with Crippen LogP contribution < -0.4 is 10.6 Å². The molecule has 118 valence electrons. The van der Waals surface area contributed by atoms with E-state index in [4.69, 9.17) is 4.52 Å². The fourth-order valence-corrected chi connectivity index (χ4v) is 2.06. The quantitative estimate of drug-likeness (QED) is 0.741. The number of aromatic nitrogens is 4. The summed E-state index contributed by atoms with van der Waals surface area (Å²) in [6, 6.07) is 9.99. The van der Waals surface area contributed by atoms with Gasteiger partial charge in [-0.1, -0.05) is 31.1 Å². The third-order valence-corrected chi connectivity index (χ3v) is 3.28. The largest absolute Gasteiger partial charge is 0.360 e. The smallest absolute Gasteiger partial charge is 0.250 e. The van der Waals surface area contributed by atoms with Gasteiger partial charge in [-0.05, 0) is 30.5 Å². The van der Waals surface area contributed by atoms with E-state index in [0.717, 1.165) is 5.69 Å². The number of nitrogens with zero attached hydrogens (tertiary/aromatic N) is 4. The first-order chi connectivity index (χ1) is 11.1. The molecule has 1 aromatic carbocycles. The molecule has 0 unspecified atom stereocenters. The Balaban J connectivity index is 1.72. The number of benzene rings is 1. The zero-order valence-electron chi connectivity index (χ0n) is 13.2. The molecule has 23 heavy (non-hydrogen) atoms. The molecule has 0 saturated carbocycles. The Hall–Kier alpha value is -2.96. The number of hydrogen-bond donors (Lipinski definition) is 2. The Labute approximate surface area is 134 Å². The van der Waals surface area contributed by atoms with Crippen LogP contribution in [0.25, 0.3) is 0 Å². The molecule has 3 rings (SSSR count). The van der Waals surface area contributed by atoms with Crippen LogP contribution in [0.15, 0.2) is 41.1 Å². The molecule has 7 heteroatoms. The molecule has 0 aliphatic heterocycles. The van der Waals surface area contributed by atoms with E-state index in [0.29, 0.717) is 29.3 Å². The fraction of sp³-hybridized carbons (Fsp3) is 0.250. The van der Waals surface area contributed by atoms with Gasteiger partial charge in [0, 0.05) is 11.8 Å². The van der Waals surface area contributed by atoms with Crippen molar-refractivity contribution in [1.29, 1.82) is 0 Å². The van der Waals surface area contributed by atoms with Gasteiger partial charge in [0.05, 0.1) is 6.20 Å². The SMILES string of the molecule is Cc1cc(Nc2nncc(Nc3ccc(C(C)C)cc3)n2)no1. The van der Waals surface area contributed by atoms with Gasteiger partial charge in [0.2, 0.25) is 5.95 Å². The highest BCUT2D eigenvalue weighted by atomic mass is 16.5. The third kappa shape index (κ3) is 3.82. The molecule has 0 aliphatic rings. The second-order valence-corrected chi connectivity index (χ2v) is 5.51. The van der Waals surface area contributed by atoms with Gasteiger partial charge in [0.15, 0.2) is 11.6 Å². The van der Waals surface area contributed by atoms with Crippen LogP contribution in [0.4, 0.5) is 23.3 Å². The van der Waals surface area contributed by atoms with E-state index in [1.165, 1.54) is 5.56 Å². The number of nitrogens with one attached hydrogen (secondary N) is 2. The van der Waals surface area contributed by atoms with Crippen LogP contribution >= 0.6 is 0 Å². The number of hydrogen-bond acceptors (Lipinski definition) is 7. The van der Waals surface area contributed by atoms with Crippen molar-refractivity contribution in [2.45, 2.75) is 26.7 Å². The molecule has 0 spiro atoms. The van der Waals surface area contributed by atoms with E-state index in [2.05, 4.69) is 57.0 Å². The minimum absolute atomic E-state index is 0.349. The topological polar surface area (TPSA) is 88.8 Å². The van der Waals surface area contributed by atoms with Crippen LogP contribution in [-0.2, 0) is 0 Å². The highest BCUT2D eigenvalue weighted by Gasteiger charge is 2.05. The van der Waals surface area contributed by atoms with Gasteiger partial charge in [-0.25, -0.2) is 0 Å². The zero-order chi connectivity index (χ0) is 16.2. The summed E-state index contributed by atoms with van der Waals surface area (Å²) in [6.45, 7) is 6.15. The molecule has 2 heterocycles. The maximum absolute atomic E-state index is 4.99. The van der Waals surface area contributed by atoms with Crippen molar-refractivity contribution >= 4 is 23.3 Å². The first kappa shape index (κ1) is 15.0. The molecule has 2 N–H and O–H groups in total. The van der Waals surface area contributed by atoms with Crippen molar-refractivity contribution < 1.29 is 4.52 Å². The summed E-state index contributed by atoms with van der Waals surface area (Å²) in [5.41, 5.74) is 2.23. The average molecular weight is 310 g/mol. The Morgan fingerprint density at radius 2 is 1.83 bits per heavy atom. The minimum Gasteiger partial charge on any atom is -0.360 e. The second kappa shape index (κ2) is 6.43. The fourth-order valence-electron chi connectivity index (χ4n) is 2.06. The summed E-state index contributed by atoms with van der Waals surface area (Å²) in [4.78, 5) is 4.35. The van der Waals surface area contributed by atoms with Gasteiger partial charge in [-0.3, -0.25) is 0 Å². The summed E-state index contributed by atoms with van der Waals surface area (Å²) in [6.07, 6.45) is 1.57. The lowest BCUT2D eigenvalue weighted by Gasteiger charge is -2.09. The highest BCUT2D eigenvalue weighted by molar-refractivity contribution is 5.57. The molecular weight excluding hydrogens is 292 g/mol. The lowest BCUT2D eigenvalue weighted by Crippen LogP contribution is -2.02. The van der Waals surface area contributed by atoms with E-state index in [9.17, 15) is 0 Å². The maximum Gasteiger partial charge on any atom is 0.250 e. The van der Waals surface area contributed by atoms with Crippen LogP contribution in [0.5, 0.6) is 0 Å². The Morgan fingerprint density at radius 1 is 1.04 bits per heavy atom. The van der Waals surface area contributed by atoms with Crippen LogP contribution in [0.1, 0.15) is 31.1 Å². The molecular formula is C16H18N6O. The monoisotopic (exact) mass is 310 g/mol. The molecule has 0 saturated heterocycles. The molecule has 7 nitrogen and oxygen atoms in total. The van der Waals surface area contributed by atoms with Crippen molar-refractivity contribution in [3.8, 4) is 0 Å². The number of rotatable bonds is 5. The van der Waals surface area contributed by atoms with Crippen molar-refractivity contribution in [3.05, 3.63) is 47.9 Å². The van der Waals surface area contributed by atoms with E-state index in [1.54, 1.807) is 12.3 Å². The summed E-state index contributed by atoms with van der Waals surface area (Å²) in [5, 5.41) is 17.8. The summed E-state index contributed by atoms with van der Waals surface area (Å²) in [7, 11) is 0. The first-order valence-electron chi connectivity index (χ1n) is 7.37. The molecule has 0 amide bonds. The summed E-state index contributed by atoms with van der Waals surface area (Å²) >= 11 is 0. The van der Waals surface area contributed by atoms with E-state index in [-0.39, 0.29) is 0 Å². The molecule has 0 bridgehead atoms. The highest BCUT2D eigenvalue weighted by Crippen LogP contribution is 2.20. The maximum atomic E-state index is 4.99. The van der Waals surface area contributed by atoms with Gasteiger partial charge < -0.3 is 15.2 Å². The predicted molar refractivity (Wildman–Crippen MR) is 88.2 cm³/mol. The normalized spacial score (nSPS) is 10.8. The van der Waals surface area contributed by atoms with Gasteiger partial charge in [0.25, 0.3) is 0 Å². The van der Waals surface area contributed by atoms with Crippen LogP contribution in [-0.4, -0.2) is 20.3 Å². The van der Waals surface area contributed by atoms with Crippen LogP contribution in [0.2, 0.25) is 0 Å². The summed E-state index contributed by atoms with van der Waals surface area (Å²) < 4.78 is 4.99. The standard InChI is InChI=1S/C16H18N6O/c1-10(2)12-4-6-13(7-5-12)18-15-9-17-21-16(20-15)19-14-8-11(3)23-22-14/h4-10H,1-3H3,(H2,18,19,20,21,22). The van der Waals surface area contributed by atoms with E-state index in [1.807, 2.05) is 19.1 Å². The second-order valence-electron chi connectivity index (χ2n) is 5.51. The molecule has 3 aromatic rings. The van der Waals surface area contributed by atoms with Gasteiger partial charge in [-0.15, -0.1) is 5.10 Å². The van der Waals surface area contributed by atoms with Crippen molar-refractivity contribution in [2.75, 3.05) is 10.6 Å². The minimum atomic E-state index is 0.349. The molecule has 0 fully saturated rings. The average Bonchev–Trinajstić information content (AvgIpc) is 2.93. The van der Waals surface area contributed by atoms with Gasteiger partial charge in [-0.2, -0.15) is 10.1 Å². The van der Waals surface area contributed by atoms with E-state index < -0.39 is 0 Å². The Bertz CT molecular complexity index is 781. The Kier molecular flexibility index (Phi) is 4.18. The predicted octanol–water partition coefficient (Wildman–Crippen LogP) is 3.78. The Morgan fingerprint density at radius 3 is 2.48 bits per heavy atom. The number of aryl methyl sites for hydroxylation is 1. The molecule has 0 atom stereocenters. The lowest BCUT2D eigenvalue weighted by molar-refractivity contribution is 0.400. The van der Waals surface area contributed by atoms with Gasteiger partial charge >= 0.3 is 0 Å². The number of anilines is 4. The summed E-state index contributed by atoms with van der Waals surface area (Å²) in [5.74, 6) is 2.70. The molecule has 0 aliphatic carbocycles. The van der Waals surface area contributed by atoms with Crippen molar-refractivity contribution in [2.24, 2.45) is 0 Å². The zero-order valence-corrected chi connectivity index (χ0v) is 13.2. The van der Waals surface area contributed by atoms with Crippen LogP contribution in [0, 0.1) is 6.92 Å². The van der Waals surface area contributed by atoms with Crippen molar-refractivity contribution in [1.82, 2.24) is 20.3 Å². The van der Waals surface area contributed by atoms with Gasteiger partial charge in [0.1, 0.15) is 5.76 Å². The first-order valence-corrected chi connectivity index (χ1v) is 7.37. The molecule has 2 aromatic heterocycles. The third-order valence-electron chi connectivity index (χ3n) is 3.28. The molecule has 0 radical (unpaired) electrons. The van der Waals surface area contributed by atoms with Crippen molar-refractivity contribution in [3.63, 3.8) is 0 Å². The lowest BCUT2D eigenvalue weighted by atomic mass is 10.0. The van der Waals surface area contributed by atoms with E-state index >= 15 is 0 Å².